The minimum Gasteiger partial charge on any atom is -0.350 e. The summed E-state index contributed by atoms with van der Waals surface area (Å²) in [4.78, 5) is 24.0. The summed E-state index contributed by atoms with van der Waals surface area (Å²) in [5, 5.41) is 6.98. The summed E-state index contributed by atoms with van der Waals surface area (Å²) >= 11 is 0. The zero-order valence-electron chi connectivity index (χ0n) is 12.7. The Labute approximate surface area is 133 Å². The van der Waals surface area contributed by atoms with Crippen LogP contribution in [0, 0.1) is 5.82 Å². The highest BCUT2D eigenvalue weighted by Gasteiger charge is 2.14. The molecule has 2 aromatic rings. The van der Waals surface area contributed by atoms with Crippen LogP contribution in [0.25, 0.3) is 0 Å². The fraction of sp³-hybridized carbons (Fsp3) is 0.353. The maximum atomic E-state index is 13.1. The van der Waals surface area contributed by atoms with Gasteiger partial charge in [-0.1, -0.05) is 12.1 Å². The lowest BCUT2D eigenvalue weighted by molar-refractivity contribution is -0.122. The van der Waals surface area contributed by atoms with Gasteiger partial charge in [0.25, 0.3) is 5.56 Å². The normalized spacial score (nSPS) is 13.4. The number of nitrogens with one attached hydrogen (secondary N) is 1. The van der Waals surface area contributed by atoms with Crippen molar-refractivity contribution < 1.29 is 9.18 Å². The number of hydrogen-bond acceptors (Lipinski definition) is 3. The second-order valence-corrected chi connectivity index (χ2v) is 5.73. The summed E-state index contributed by atoms with van der Waals surface area (Å²) in [5.74, 6) is -0.663. The van der Waals surface area contributed by atoms with Crippen molar-refractivity contribution in [2.75, 3.05) is 0 Å². The third-order valence-corrected chi connectivity index (χ3v) is 3.95. The first-order valence-electron chi connectivity index (χ1n) is 7.73. The van der Waals surface area contributed by atoms with Gasteiger partial charge in [0.15, 0.2) is 0 Å². The zero-order chi connectivity index (χ0) is 16.2. The Balaban J connectivity index is 1.65. The lowest BCUT2D eigenvalue weighted by atomic mass is 9.97. The number of carbonyl (C=O) groups is 1. The van der Waals surface area contributed by atoms with Crippen LogP contribution in [0.2, 0.25) is 0 Å². The molecule has 0 bridgehead atoms. The molecule has 0 radical (unpaired) electrons. The van der Waals surface area contributed by atoms with E-state index in [0.717, 1.165) is 36.9 Å². The first kappa shape index (κ1) is 15.4. The van der Waals surface area contributed by atoms with Gasteiger partial charge in [-0.2, -0.15) is 5.10 Å². The number of amides is 1. The molecule has 1 aromatic carbocycles. The van der Waals surface area contributed by atoms with Crippen LogP contribution in [0.4, 0.5) is 4.39 Å². The predicted molar refractivity (Wildman–Crippen MR) is 83.4 cm³/mol. The maximum absolute atomic E-state index is 13.1. The number of aryl methyl sites for hydroxylation is 2. The Morgan fingerprint density at radius 2 is 2.09 bits per heavy atom. The van der Waals surface area contributed by atoms with Crippen LogP contribution >= 0.6 is 0 Å². The topological polar surface area (TPSA) is 64.0 Å². The molecule has 1 aliphatic rings. The quantitative estimate of drug-likeness (QED) is 0.931. The van der Waals surface area contributed by atoms with Crippen LogP contribution in [0.3, 0.4) is 0 Å². The van der Waals surface area contributed by atoms with E-state index in [9.17, 15) is 14.0 Å². The molecule has 1 heterocycles. The molecule has 0 saturated carbocycles. The molecular weight excluding hydrogens is 297 g/mol. The van der Waals surface area contributed by atoms with E-state index >= 15 is 0 Å². The molecule has 1 N–H and O–H groups in total. The van der Waals surface area contributed by atoms with Gasteiger partial charge in [0.2, 0.25) is 5.91 Å². The molecule has 1 aliphatic carbocycles. The van der Waals surface area contributed by atoms with Crippen molar-refractivity contribution in [2.24, 2.45) is 0 Å². The third-order valence-electron chi connectivity index (χ3n) is 3.95. The molecule has 0 unspecified atom stereocenters. The predicted octanol–water partition coefficient (Wildman–Crippen LogP) is 1.58. The minimum absolute atomic E-state index is 0.124. The van der Waals surface area contributed by atoms with E-state index in [1.807, 2.05) is 0 Å². The smallest absolute Gasteiger partial charge is 0.267 e. The summed E-state index contributed by atoms with van der Waals surface area (Å²) in [7, 11) is 0. The molecule has 1 amide bonds. The molecule has 23 heavy (non-hydrogen) atoms. The third kappa shape index (κ3) is 3.83. The van der Waals surface area contributed by atoms with Crippen LogP contribution in [-0.4, -0.2) is 15.7 Å². The van der Waals surface area contributed by atoms with E-state index in [-0.39, 0.29) is 30.4 Å². The van der Waals surface area contributed by atoms with Crippen LogP contribution in [-0.2, 0) is 30.7 Å². The molecule has 6 heteroatoms. The molecular formula is C17H18FN3O2. The maximum Gasteiger partial charge on any atom is 0.267 e. The number of rotatable bonds is 4. The van der Waals surface area contributed by atoms with Gasteiger partial charge in [0, 0.05) is 12.6 Å². The van der Waals surface area contributed by atoms with Crippen LogP contribution in [0.1, 0.15) is 29.7 Å². The Morgan fingerprint density at radius 3 is 2.91 bits per heavy atom. The van der Waals surface area contributed by atoms with E-state index < -0.39 is 0 Å². The van der Waals surface area contributed by atoms with Crippen molar-refractivity contribution in [3.8, 4) is 0 Å². The Morgan fingerprint density at radius 1 is 1.26 bits per heavy atom. The number of halogens is 1. The molecule has 0 aliphatic heterocycles. The van der Waals surface area contributed by atoms with Gasteiger partial charge in [0.1, 0.15) is 12.4 Å². The second kappa shape index (κ2) is 6.73. The van der Waals surface area contributed by atoms with E-state index in [4.69, 9.17) is 0 Å². The number of aromatic nitrogens is 2. The monoisotopic (exact) mass is 315 g/mol. The molecule has 120 valence electrons. The summed E-state index contributed by atoms with van der Waals surface area (Å²) < 4.78 is 14.3. The van der Waals surface area contributed by atoms with Crippen molar-refractivity contribution in [3.05, 3.63) is 63.3 Å². The van der Waals surface area contributed by atoms with Gasteiger partial charge in [-0.25, -0.2) is 9.07 Å². The average Bonchev–Trinajstić information content (AvgIpc) is 2.54. The zero-order valence-corrected chi connectivity index (χ0v) is 12.7. The van der Waals surface area contributed by atoms with Gasteiger partial charge in [-0.3, -0.25) is 9.59 Å². The average molecular weight is 315 g/mol. The van der Waals surface area contributed by atoms with E-state index in [2.05, 4.69) is 10.4 Å². The Hall–Kier alpha value is -2.50. The summed E-state index contributed by atoms with van der Waals surface area (Å²) in [6, 6.07) is 7.62. The highest BCUT2D eigenvalue weighted by atomic mass is 19.1. The standard InChI is InChI=1S/C17H18FN3O2/c18-14-6-3-4-12(8-14)10-19-16(22)11-21-17(23)9-13-5-1-2-7-15(13)20-21/h3-4,6,8-9H,1-2,5,7,10-11H2,(H,19,22). The van der Waals surface area contributed by atoms with Crippen molar-refractivity contribution in [3.63, 3.8) is 0 Å². The fourth-order valence-electron chi connectivity index (χ4n) is 2.75. The lowest BCUT2D eigenvalue weighted by Gasteiger charge is -2.15. The van der Waals surface area contributed by atoms with E-state index in [1.165, 1.54) is 16.8 Å². The van der Waals surface area contributed by atoms with Gasteiger partial charge in [-0.05, 0) is 48.9 Å². The van der Waals surface area contributed by atoms with Crippen molar-refractivity contribution in [2.45, 2.75) is 38.8 Å². The lowest BCUT2D eigenvalue weighted by Crippen LogP contribution is -2.34. The van der Waals surface area contributed by atoms with E-state index in [0.29, 0.717) is 5.56 Å². The molecule has 0 spiro atoms. The number of benzene rings is 1. The minimum atomic E-state index is -0.343. The second-order valence-electron chi connectivity index (χ2n) is 5.73. The molecule has 3 rings (SSSR count). The number of carbonyl (C=O) groups excluding carboxylic acids is 1. The van der Waals surface area contributed by atoms with Crippen LogP contribution in [0.15, 0.2) is 35.1 Å². The number of nitrogens with zero attached hydrogens (tertiary/aromatic N) is 2. The number of fused-ring (bicyclic) bond motifs is 1. The largest absolute Gasteiger partial charge is 0.350 e. The van der Waals surface area contributed by atoms with Crippen molar-refractivity contribution in [1.82, 2.24) is 15.1 Å². The van der Waals surface area contributed by atoms with Crippen molar-refractivity contribution >= 4 is 5.91 Å². The first-order valence-corrected chi connectivity index (χ1v) is 7.73. The number of hydrogen-bond donors (Lipinski definition) is 1. The molecule has 0 saturated heterocycles. The highest BCUT2D eigenvalue weighted by molar-refractivity contribution is 5.75. The Kier molecular flexibility index (Phi) is 4.50. The summed E-state index contributed by atoms with van der Waals surface area (Å²) in [6.45, 7) is 0.0950. The summed E-state index contributed by atoms with van der Waals surface area (Å²) in [6.07, 6.45) is 3.86. The van der Waals surface area contributed by atoms with Crippen molar-refractivity contribution in [1.29, 1.82) is 0 Å². The van der Waals surface area contributed by atoms with Gasteiger partial charge < -0.3 is 5.32 Å². The van der Waals surface area contributed by atoms with Crippen LogP contribution < -0.4 is 10.9 Å². The molecule has 0 atom stereocenters. The SMILES string of the molecule is O=C(Cn1nc2c(cc1=O)CCCC2)NCc1cccc(F)c1. The highest BCUT2D eigenvalue weighted by Crippen LogP contribution is 2.16. The van der Waals surface area contributed by atoms with Gasteiger partial charge in [0.05, 0.1) is 5.69 Å². The summed E-state index contributed by atoms with van der Waals surface area (Å²) in [5.41, 5.74) is 2.32. The molecule has 5 nitrogen and oxygen atoms in total. The van der Waals surface area contributed by atoms with Crippen LogP contribution in [0.5, 0.6) is 0 Å². The van der Waals surface area contributed by atoms with Gasteiger partial charge in [-0.15, -0.1) is 0 Å². The Bertz CT molecular complexity index is 786. The van der Waals surface area contributed by atoms with Gasteiger partial charge >= 0.3 is 0 Å². The fourth-order valence-corrected chi connectivity index (χ4v) is 2.75. The molecule has 0 fully saturated rings. The van der Waals surface area contributed by atoms with E-state index in [1.54, 1.807) is 18.2 Å². The first-order chi connectivity index (χ1) is 11.1. The molecule has 1 aromatic heterocycles.